The Kier molecular flexibility index (Phi) is 8.24. The number of carboxylic acid groups (broad SMARTS) is 1. The fourth-order valence-electron chi connectivity index (χ4n) is 0.252. The van der Waals surface area contributed by atoms with Gasteiger partial charge in [0.15, 0.2) is 0 Å². The molecule has 0 saturated carbocycles. The summed E-state index contributed by atoms with van der Waals surface area (Å²) in [5.74, 6) is -1.50. The van der Waals surface area contributed by atoms with Crippen molar-refractivity contribution in [2.24, 2.45) is 0 Å². The molecule has 0 fully saturated rings. The fourth-order valence-corrected chi connectivity index (χ4v) is 0.252. The van der Waals surface area contributed by atoms with Crippen LogP contribution in [0.15, 0.2) is 0 Å². The predicted molar refractivity (Wildman–Crippen MR) is 23.4 cm³/mol. The Morgan fingerprint density at radius 1 is 1.60 bits per heavy atom. The van der Waals surface area contributed by atoms with Gasteiger partial charge < -0.3 is 7.96 Å². The summed E-state index contributed by atoms with van der Waals surface area (Å²) < 4.78 is 0. The zero-order valence-corrected chi connectivity index (χ0v) is 9.70. The number of tetrazole rings is 1. The van der Waals surface area contributed by atoms with Crippen molar-refractivity contribution in [3.05, 3.63) is 5.82 Å². The standard InChI is InChI=1S/C2H2N4O2.2Na.2H/c7-2(8)1-3-5-6-4-1;;;;/h(H,7,8)(H,3,4,5,6);;;;/q;2*+1;2*-1. The molecule has 1 aromatic heterocycles. The minimum Gasteiger partial charge on any atom is -1.00 e. The first kappa shape index (κ1) is 13.2. The maximum Gasteiger partial charge on any atom is 1.00 e. The number of nitrogens with zero attached hydrogens (tertiary/aromatic N) is 3. The van der Waals surface area contributed by atoms with Gasteiger partial charge in [-0.3, -0.25) is 0 Å². The number of carboxylic acids is 1. The van der Waals surface area contributed by atoms with Crippen LogP contribution in [0.2, 0.25) is 0 Å². The smallest absolute Gasteiger partial charge is 1.00 e. The minimum absolute atomic E-state index is 0. The van der Waals surface area contributed by atoms with Gasteiger partial charge in [0.05, 0.1) is 0 Å². The second-order valence-electron chi connectivity index (χ2n) is 1.04. The maximum atomic E-state index is 9.88. The number of aromatic nitrogens is 4. The molecule has 0 atom stereocenters. The molecule has 0 spiro atoms. The van der Waals surface area contributed by atoms with Crippen LogP contribution in [0.5, 0.6) is 0 Å². The van der Waals surface area contributed by atoms with Crippen LogP contribution in [-0.4, -0.2) is 31.7 Å². The number of hydrogen-bond acceptors (Lipinski definition) is 4. The van der Waals surface area contributed by atoms with E-state index >= 15 is 0 Å². The van der Waals surface area contributed by atoms with Crippen molar-refractivity contribution in [3.63, 3.8) is 0 Å². The second kappa shape index (κ2) is 6.26. The van der Waals surface area contributed by atoms with E-state index in [2.05, 4.69) is 15.4 Å². The average molecular weight is 162 g/mol. The first-order valence-corrected chi connectivity index (χ1v) is 1.77. The van der Waals surface area contributed by atoms with E-state index in [1.165, 1.54) is 0 Å². The molecule has 0 amide bonds. The maximum absolute atomic E-state index is 9.88. The summed E-state index contributed by atoms with van der Waals surface area (Å²) in [5, 5.41) is 19.5. The van der Waals surface area contributed by atoms with Crippen LogP contribution in [0.25, 0.3) is 0 Å². The molecular formula is C2H4N4Na2O2. The summed E-state index contributed by atoms with van der Waals surface area (Å²) in [6.45, 7) is 0. The third-order valence-corrected chi connectivity index (χ3v) is 0.537. The number of carbonyl (C=O) groups is 1. The summed E-state index contributed by atoms with van der Waals surface area (Å²) in [4.78, 5) is 9.88. The molecule has 1 heterocycles. The molecule has 10 heavy (non-hydrogen) atoms. The zero-order chi connectivity index (χ0) is 5.98. The Labute approximate surface area is 103 Å². The molecule has 46 valence electrons. The Bertz CT molecular complexity index is 195. The largest absolute Gasteiger partial charge is 1.00 e. The van der Waals surface area contributed by atoms with Crippen LogP contribution in [0.3, 0.4) is 0 Å². The van der Waals surface area contributed by atoms with Crippen molar-refractivity contribution in [2.45, 2.75) is 0 Å². The third kappa shape index (κ3) is 3.65. The molecule has 0 saturated heterocycles. The third-order valence-electron chi connectivity index (χ3n) is 0.537. The Morgan fingerprint density at radius 3 is 2.40 bits per heavy atom. The van der Waals surface area contributed by atoms with E-state index in [0.29, 0.717) is 0 Å². The summed E-state index contributed by atoms with van der Waals surface area (Å²) in [6.07, 6.45) is 0. The van der Waals surface area contributed by atoms with E-state index in [1.54, 1.807) is 0 Å². The van der Waals surface area contributed by atoms with Crippen LogP contribution < -0.4 is 59.1 Å². The Morgan fingerprint density at radius 2 is 2.20 bits per heavy atom. The van der Waals surface area contributed by atoms with Crippen molar-refractivity contribution >= 4 is 5.97 Å². The van der Waals surface area contributed by atoms with Crippen LogP contribution >= 0.6 is 0 Å². The molecule has 6 nitrogen and oxygen atoms in total. The average Bonchev–Trinajstić information content (AvgIpc) is 2.12. The molecular weight excluding hydrogens is 158 g/mol. The molecule has 1 aromatic rings. The van der Waals surface area contributed by atoms with Gasteiger partial charge in [-0.2, -0.15) is 5.21 Å². The number of nitrogens with one attached hydrogen (secondary N) is 1. The number of aromatic amines is 1. The topological polar surface area (TPSA) is 91.8 Å². The van der Waals surface area contributed by atoms with Crippen LogP contribution in [0.1, 0.15) is 13.5 Å². The summed E-state index contributed by atoms with van der Waals surface area (Å²) in [7, 11) is 0. The molecule has 2 N–H and O–H groups in total. The molecule has 0 unspecified atom stereocenters. The van der Waals surface area contributed by atoms with E-state index in [-0.39, 0.29) is 67.8 Å². The van der Waals surface area contributed by atoms with Gasteiger partial charge in [-0.05, 0) is 5.21 Å². The fraction of sp³-hybridized carbons (Fsp3) is 0. The van der Waals surface area contributed by atoms with Gasteiger partial charge in [0.2, 0.25) is 0 Å². The van der Waals surface area contributed by atoms with Crippen LogP contribution in [-0.2, 0) is 0 Å². The molecule has 0 aliphatic rings. The summed E-state index contributed by atoms with van der Waals surface area (Å²) in [6, 6.07) is 0. The number of aromatic carboxylic acids is 1. The molecule has 1 rings (SSSR count). The minimum atomic E-state index is -1.18. The van der Waals surface area contributed by atoms with Crippen LogP contribution in [0.4, 0.5) is 0 Å². The molecule has 8 heteroatoms. The van der Waals surface area contributed by atoms with Gasteiger partial charge in [0.1, 0.15) is 0 Å². The number of hydrogen-bond donors (Lipinski definition) is 2. The van der Waals surface area contributed by atoms with Crippen molar-refractivity contribution in [1.29, 1.82) is 0 Å². The van der Waals surface area contributed by atoms with Gasteiger partial charge in [0.25, 0.3) is 5.82 Å². The first-order valence-electron chi connectivity index (χ1n) is 1.77. The monoisotopic (exact) mass is 162 g/mol. The van der Waals surface area contributed by atoms with Crippen molar-refractivity contribution in [1.82, 2.24) is 20.6 Å². The van der Waals surface area contributed by atoms with Crippen molar-refractivity contribution in [2.75, 3.05) is 0 Å². The van der Waals surface area contributed by atoms with Crippen molar-refractivity contribution < 1.29 is 71.9 Å². The Hall–Kier alpha value is 0.540. The van der Waals surface area contributed by atoms with Gasteiger partial charge >= 0.3 is 65.1 Å². The molecule has 0 bridgehead atoms. The molecule has 0 aromatic carbocycles. The molecule has 0 aliphatic carbocycles. The number of rotatable bonds is 1. The SMILES string of the molecule is O=C(O)c1nn[nH]n1.[H-].[H-].[Na+].[Na+]. The summed E-state index contributed by atoms with van der Waals surface area (Å²) in [5.41, 5.74) is 0. The summed E-state index contributed by atoms with van der Waals surface area (Å²) >= 11 is 0. The van der Waals surface area contributed by atoms with E-state index in [4.69, 9.17) is 5.11 Å². The van der Waals surface area contributed by atoms with Gasteiger partial charge in [0, 0.05) is 0 Å². The van der Waals surface area contributed by atoms with E-state index < -0.39 is 5.97 Å². The molecule has 0 aliphatic heterocycles. The zero-order valence-electron chi connectivity index (χ0n) is 7.70. The Balaban J connectivity index is -0.0000000800. The first-order chi connectivity index (χ1) is 3.80. The van der Waals surface area contributed by atoms with Gasteiger partial charge in [-0.15, -0.1) is 10.2 Å². The normalized spacial score (nSPS) is 7.20. The quantitative estimate of drug-likeness (QED) is 0.400. The van der Waals surface area contributed by atoms with E-state index in [1.807, 2.05) is 5.21 Å². The molecule has 0 radical (unpaired) electrons. The predicted octanol–water partition coefficient (Wildman–Crippen LogP) is -6.87. The van der Waals surface area contributed by atoms with E-state index in [9.17, 15) is 4.79 Å². The van der Waals surface area contributed by atoms with Crippen molar-refractivity contribution in [3.8, 4) is 0 Å². The van der Waals surface area contributed by atoms with Gasteiger partial charge in [-0.1, -0.05) is 0 Å². The van der Waals surface area contributed by atoms with Gasteiger partial charge in [-0.25, -0.2) is 4.79 Å². The van der Waals surface area contributed by atoms with E-state index in [0.717, 1.165) is 0 Å². The second-order valence-corrected chi connectivity index (χ2v) is 1.04. The van der Waals surface area contributed by atoms with Crippen LogP contribution in [0, 0.1) is 0 Å². The number of H-pyrrole nitrogens is 1.